The van der Waals surface area contributed by atoms with Crippen LogP contribution in [0.25, 0.3) is 0 Å². The van der Waals surface area contributed by atoms with Crippen molar-refractivity contribution >= 4 is 17.6 Å². The Kier molecular flexibility index (Phi) is 12.1. The predicted octanol–water partition coefficient (Wildman–Crippen LogP) is 2.47. The number of methoxy groups -OCH3 is 2. The largest absolute Gasteiger partial charge is 0.493 e. The fraction of sp³-hybridized carbons (Fsp3) is 0.545. The normalized spacial score (nSPS) is 11.4. The quantitative estimate of drug-likeness (QED) is 0.186. The highest BCUT2D eigenvalue weighted by Gasteiger charge is 2.24. The SMILES string of the molecule is C=CCOCN(c1cc(OCCCC(=O)OC)c(OC)cc1C(=O)NCC)C(O)CC. The molecule has 0 aliphatic rings. The van der Waals surface area contributed by atoms with Gasteiger partial charge in [0.25, 0.3) is 5.91 Å². The van der Waals surface area contributed by atoms with E-state index in [-0.39, 0.29) is 38.2 Å². The van der Waals surface area contributed by atoms with Crippen LogP contribution in [0.5, 0.6) is 11.5 Å². The Morgan fingerprint density at radius 2 is 2.00 bits per heavy atom. The highest BCUT2D eigenvalue weighted by atomic mass is 16.5. The molecule has 2 N–H and O–H groups in total. The second-order valence-electron chi connectivity index (χ2n) is 6.56. The molecule has 0 radical (unpaired) electrons. The number of aliphatic hydroxyl groups is 1. The van der Waals surface area contributed by atoms with Crippen LogP contribution in [0.4, 0.5) is 5.69 Å². The summed E-state index contributed by atoms with van der Waals surface area (Å²) in [5.41, 5.74) is 0.753. The molecule has 1 aromatic rings. The molecule has 9 nitrogen and oxygen atoms in total. The molecule has 0 aliphatic carbocycles. The number of carbonyl (C=O) groups excluding carboxylic acids is 2. The van der Waals surface area contributed by atoms with Gasteiger partial charge < -0.3 is 34.3 Å². The molecule has 0 spiro atoms. The van der Waals surface area contributed by atoms with E-state index in [4.69, 9.17) is 14.2 Å². The van der Waals surface area contributed by atoms with E-state index >= 15 is 0 Å². The van der Waals surface area contributed by atoms with Crippen molar-refractivity contribution in [2.75, 3.05) is 45.6 Å². The third-order valence-electron chi connectivity index (χ3n) is 4.37. The predicted molar refractivity (Wildman–Crippen MR) is 118 cm³/mol. The first kappa shape index (κ1) is 26.3. The van der Waals surface area contributed by atoms with Gasteiger partial charge in [-0.25, -0.2) is 0 Å². The molecule has 1 amide bonds. The van der Waals surface area contributed by atoms with Gasteiger partial charge in [-0.3, -0.25) is 9.59 Å². The molecule has 9 heteroatoms. The molecular formula is C22H34N2O7. The summed E-state index contributed by atoms with van der Waals surface area (Å²) in [6.45, 7) is 8.28. The van der Waals surface area contributed by atoms with Crippen LogP contribution in [0.1, 0.15) is 43.5 Å². The molecule has 0 aliphatic heterocycles. The summed E-state index contributed by atoms with van der Waals surface area (Å²) in [5.74, 6) is 0.109. The number of rotatable bonds is 15. The first-order chi connectivity index (χ1) is 14.9. The number of esters is 1. The van der Waals surface area contributed by atoms with Gasteiger partial charge in [-0.15, -0.1) is 6.58 Å². The fourth-order valence-corrected chi connectivity index (χ4v) is 2.77. The highest BCUT2D eigenvalue weighted by molar-refractivity contribution is 6.00. The summed E-state index contributed by atoms with van der Waals surface area (Å²) in [6.07, 6.45) is 1.79. The number of anilines is 1. The van der Waals surface area contributed by atoms with Crippen LogP contribution in [0.15, 0.2) is 24.8 Å². The van der Waals surface area contributed by atoms with Crippen LogP contribution in [-0.4, -0.2) is 63.9 Å². The van der Waals surface area contributed by atoms with E-state index in [0.29, 0.717) is 42.1 Å². The number of hydrogen-bond acceptors (Lipinski definition) is 8. The third kappa shape index (κ3) is 8.10. The van der Waals surface area contributed by atoms with Crippen molar-refractivity contribution in [3.05, 3.63) is 30.4 Å². The molecule has 1 unspecified atom stereocenters. The summed E-state index contributed by atoms with van der Waals surface area (Å²) in [5, 5.41) is 13.4. The topological polar surface area (TPSA) is 107 Å². The highest BCUT2D eigenvalue weighted by Crippen LogP contribution is 2.36. The Hall–Kier alpha value is -2.78. The molecule has 1 rings (SSSR count). The van der Waals surface area contributed by atoms with Gasteiger partial charge in [0.15, 0.2) is 11.5 Å². The maximum Gasteiger partial charge on any atom is 0.305 e. The van der Waals surface area contributed by atoms with Crippen LogP contribution in [0.2, 0.25) is 0 Å². The van der Waals surface area contributed by atoms with Crippen molar-refractivity contribution in [1.82, 2.24) is 5.32 Å². The number of nitrogens with one attached hydrogen (secondary N) is 1. The van der Waals surface area contributed by atoms with Gasteiger partial charge >= 0.3 is 5.97 Å². The van der Waals surface area contributed by atoms with E-state index < -0.39 is 6.23 Å². The Bertz CT molecular complexity index is 724. The van der Waals surface area contributed by atoms with Gasteiger partial charge in [-0.1, -0.05) is 13.0 Å². The number of carbonyl (C=O) groups is 2. The van der Waals surface area contributed by atoms with Crippen LogP contribution in [0.3, 0.4) is 0 Å². The van der Waals surface area contributed by atoms with Gasteiger partial charge in [0.05, 0.1) is 38.7 Å². The van der Waals surface area contributed by atoms with Crippen LogP contribution in [0, 0.1) is 0 Å². The molecule has 0 aromatic heterocycles. The van der Waals surface area contributed by atoms with Crippen molar-refractivity contribution in [3.8, 4) is 11.5 Å². The van der Waals surface area contributed by atoms with Gasteiger partial charge in [0, 0.05) is 19.0 Å². The van der Waals surface area contributed by atoms with Gasteiger partial charge in [-0.05, 0) is 25.8 Å². The zero-order chi connectivity index (χ0) is 23.2. The number of aliphatic hydroxyl groups excluding tert-OH is 1. The monoisotopic (exact) mass is 438 g/mol. The standard InChI is InChI=1S/C22H34N2O7/c1-6-11-30-15-24(20(25)7-2)17-14-19(31-12-9-10-21(26)29-5)18(28-4)13-16(17)22(27)23-8-3/h6,13-14,20,25H,1,7-12,15H2,2-5H3,(H,23,27). The van der Waals surface area contributed by atoms with E-state index in [0.717, 1.165) is 0 Å². The van der Waals surface area contributed by atoms with Crippen molar-refractivity contribution in [3.63, 3.8) is 0 Å². The average molecular weight is 439 g/mol. The Labute approximate surface area is 183 Å². The average Bonchev–Trinajstić information content (AvgIpc) is 2.78. The van der Waals surface area contributed by atoms with E-state index in [9.17, 15) is 14.7 Å². The fourth-order valence-electron chi connectivity index (χ4n) is 2.77. The second kappa shape index (κ2) is 14.3. The zero-order valence-electron chi connectivity index (χ0n) is 18.8. The second-order valence-corrected chi connectivity index (χ2v) is 6.56. The molecule has 174 valence electrons. The minimum absolute atomic E-state index is 0.0432. The third-order valence-corrected chi connectivity index (χ3v) is 4.37. The molecule has 0 fully saturated rings. The molecule has 0 bridgehead atoms. The van der Waals surface area contributed by atoms with Gasteiger partial charge in [-0.2, -0.15) is 0 Å². The van der Waals surface area contributed by atoms with Crippen LogP contribution < -0.4 is 19.7 Å². The molecular weight excluding hydrogens is 404 g/mol. The lowest BCUT2D eigenvalue weighted by molar-refractivity contribution is -0.140. The molecule has 1 aromatic carbocycles. The number of amides is 1. The zero-order valence-corrected chi connectivity index (χ0v) is 18.8. The summed E-state index contributed by atoms with van der Waals surface area (Å²) >= 11 is 0. The Morgan fingerprint density at radius 3 is 2.58 bits per heavy atom. The summed E-state index contributed by atoms with van der Waals surface area (Å²) in [4.78, 5) is 25.6. The molecule has 0 saturated heterocycles. The molecule has 31 heavy (non-hydrogen) atoms. The summed E-state index contributed by atoms with van der Waals surface area (Å²) < 4.78 is 21.4. The summed E-state index contributed by atoms with van der Waals surface area (Å²) in [6, 6.07) is 3.20. The molecule has 1 atom stereocenters. The number of hydrogen-bond donors (Lipinski definition) is 2. The van der Waals surface area contributed by atoms with E-state index in [2.05, 4.69) is 16.6 Å². The Morgan fingerprint density at radius 1 is 1.26 bits per heavy atom. The number of benzene rings is 1. The first-order valence-electron chi connectivity index (χ1n) is 10.3. The van der Waals surface area contributed by atoms with Gasteiger partial charge in [0.1, 0.15) is 13.0 Å². The number of ether oxygens (including phenoxy) is 4. The molecule has 0 heterocycles. The van der Waals surface area contributed by atoms with Gasteiger partial charge in [0.2, 0.25) is 0 Å². The van der Waals surface area contributed by atoms with Crippen LogP contribution >= 0.6 is 0 Å². The lowest BCUT2D eigenvalue weighted by Gasteiger charge is -2.31. The lowest BCUT2D eigenvalue weighted by atomic mass is 10.1. The van der Waals surface area contributed by atoms with Crippen LogP contribution in [-0.2, 0) is 14.3 Å². The number of nitrogens with zero attached hydrogens (tertiary/aromatic N) is 1. The Balaban J connectivity index is 3.31. The van der Waals surface area contributed by atoms with E-state index in [1.165, 1.54) is 14.2 Å². The summed E-state index contributed by atoms with van der Waals surface area (Å²) in [7, 11) is 2.81. The van der Waals surface area contributed by atoms with E-state index in [1.54, 1.807) is 23.1 Å². The maximum atomic E-state index is 12.7. The van der Waals surface area contributed by atoms with Crippen molar-refractivity contribution in [2.24, 2.45) is 0 Å². The van der Waals surface area contributed by atoms with Crippen molar-refractivity contribution in [2.45, 2.75) is 39.3 Å². The maximum absolute atomic E-state index is 12.7. The van der Waals surface area contributed by atoms with Crippen molar-refractivity contribution < 1.29 is 33.6 Å². The van der Waals surface area contributed by atoms with Crippen molar-refractivity contribution in [1.29, 1.82) is 0 Å². The van der Waals surface area contributed by atoms with E-state index in [1.807, 2.05) is 13.8 Å². The lowest BCUT2D eigenvalue weighted by Crippen LogP contribution is -2.38. The minimum Gasteiger partial charge on any atom is -0.493 e. The minimum atomic E-state index is -0.890. The molecule has 0 saturated carbocycles. The smallest absolute Gasteiger partial charge is 0.305 e. The first-order valence-corrected chi connectivity index (χ1v) is 10.3.